The molecule has 0 radical (unpaired) electrons. The van der Waals surface area contributed by atoms with Crippen LogP contribution in [0.25, 0.3) is 0 Å². The highest BCUT2D eigenvalue weighted by Gasteiger charge is 2.28. The minimum Gasteiger partial charge on any atom is -0.497 e. The third-order valence-corrected chi connectivity index (χ3v) is 5.08. The van der Waals surface area contributed by atoms with Gasteiger partial charge >= 0.3 is 0 Å². The van der Waals surface area contributed by atoms with E-state index < -0.39 is 0 Å². The van der Waals surface area contributed by atoms with Crippen LogP contribution in [0.15, 0.2) is 47.5 Å². The Morgan fingerprint density at radius 2 is 1.93 bits per heavy atom. The number of rotatable bonds is 7. The highest BCUT2D eigenvalue weighted by Crippen LogP contribution is 2.31. The molecule has 0 unspecified atom stereocenters. The van der Waals surface area contributed by atoms with Crippen molar-refractivity contribution in [3.05, 3.63) is 64.7 Å². The van der Waals surface area contributed by atoms with Crippen LogP contribution in [0.2, 0.25) is 0 Å². The first-order chi connectivity index (χ1) is 13.8. The van der Waals surface area contributed by atoms with Gasteiger partial charge in [0.05, 0.1) is 24.8 Å². The molecule has 1 amide bonds. The van der Waals surface area contributed by atoms with Crippen LogP contribution in [0.3, 0.4) is 0 Å². The molecule has 0 saturated heterocycles. The summed E-state index contributed by atoms with van der Waals surface area (Å²) in [4.78, 5) is 30.1. The zero-order chi connectivity index (χ0) is 21.0. The molecule has 5 nitrogen and oxygen atoms in total. The normalized spacial score (nSPS) is 14.6. The molecule has 1 N–H and O–H groups in total. The second kappa shape index (κ2) is 8.82. The quantitative estimate of drug-likeness (QED) is 0.540. The Morgan fingerprint density at radius 1 is 1.17 bits per heavy atom. The molecule has 2 aromatic carbocycles. The van der Waals surface area contributed by atoms with Gasteiger partial charge in [-0.15, -0.1) is 0 Å². The Hall–Kier alpha value is -2.60. The van der Waals surface area contributed by atoms with Crippen LogP contribution in [-0.4, -0.2) is 42.3 Å². The predicted molar refractivity (Wildman–Crippen MR) is 119 cm³/mol. The van der Waals surface area contributed by atoms with Gasteiger partial charge in [0, 0.05) is 29.0 Å². The number of nitrogens with one attached hydrogen (secondary N) is 1. The Balaban J connectivity index is 1.87. The lowest BCUT2D eigenvalue weighted by Crippen LogP contribution is -2.30. The average molecular weight is 411 g/mol. The van der Waals surface area contributed by atoms with Crippen LogP contribution in [0.1, 0.15) is 52.1 Å². The largest absolute Gasteiger partial charge is 0.497 e. The van der Waals surface area contributed by atoms with Gasteiger partial charge < -0.3 is 10.1 Å². The topological polar surface area (TPSA) is 67.8 Å². The Morgan fingerprint density at radius 3 is 2.66 bits per heavy atom. The first kappa shape index (κ1) is 21.1. The molecule has 0 atom stereocenters. The molecule has 152 valence electrons. The van der Waals surface area contributed by atoms with Crippen molar-refractivity contribution >= 4 is 30.0 Å². The Kier molecular flexibility index (Phi) is 6.42. The fourth-order valence-corrected chi connectivity index (χ4v) is 3.64. The summed E-state index contributed by atoms with van der Waals surface area (Å²) in [5.41, 5.74) is 3.56. The number of ether oxygens (including phenoxy) is 1. The summed E-state index contributed by atoms with van der Waals surface area (Å²) >= 11 is 4.09. The molecule has 29 heavy (non-hydrogen) atoms. The SMILES string of the molecule is COc1ccc2c(c1)C(CC(=O)c1cccc(C(=O)NCCS)c1)=NC(C)(C)C2. The van der Waals surface area contributed by atoms with E-state index in [9.17, 15) is 9.59 Å². The van der Waals surface area contributed by atoms with Crippen molar-refractivity contribution in [2.75, 3.05) is 19.4 Å². The molecule has 0 saturated carbocycles. The molecular formula is C23H26N2O3S. The van der Waals surface area contributed by atoms with Crippen molar-refractivity contribution < 1.29 is 14.3 Å². The minimum absolute atomic E-state index is 0.0703. The van der Waals surface area contributed by atoms with Gasteiger partial charge in [0.25, 0.3) is 5.91 Å². The number of methoxy groups -OCH3 is 1. The maximum Gasteiger partial charge on any atom is 0.251 e. The summed E-state index contributed by atoms with van der Waals surface area (Å²) in [6.45, 7) is 4.61. The minimum atomic E-state index is -0.272. The van der Waals surface area contributed by atoms with Crippen LogP contribution < -0.4 is 10.1 Å². The number of fused-ring (bicyclic) bond motifs is 1. The van der Waals surface area contributed by atoms with Crippen molar-refractivity contribution in [1.82, 2.24) is 5.32 Å². The lowest BCUT2D eigenvalue weighted by molar-refractivity contribution is 0.0956. The number of Topliss-reactive ketones (excluding diaryl/α,β-unsaturated/α-hetero) is 1. The third-order valence-electron chi connectivity index (χ3n) is 4.86. The fourth-order valence-electron chi connectivity index (χ4n) is 3.53. The second-order valence-electron chi connectivity index (χ2n) is 7.73. The van der Waals surface area contributed by atoms with E-state index in [1.54, 1.807) is 31.4 Å². The number of aliphatic imine (C=N–C) groups is 1. The predicted octanol–water partition coefficient (Wildman–Crippen LogP) is 3.75. The summed E-state index contributed by atoms with van der Waals surface area (Å²) in [7, 11) is 1.63. The third kappa shape index (κ3) is 5.07. The summed E-state index contributed by atoms with van der Waals surface area (Å²) in [6.07, 6.45) is 0.982. The molecule has 1 heterocycles. The van der Waals surface area contributed by atoms with Crippen molar-refractivity contribution in [2.45, 2.75) is 32.2 Å². The molecule has 0 fully saturated rings. The number of amides is 1. The van der Waals surface area contributed by atoms with E-state index in [1.807, 2.05) is 18.2 Å². The number of thiol groups is 1. The van der Waals surface area contributed by atoms with Crippen molar-refractivity contribution in [3.63, 3.8) is 0 Å². The van der Waals surface area contributed by atoms with E-state index >= 15 is 0 Å². The van der Waals surface area contributed by atoms with Gasteiger partial charge in [-0.3, -0.25) is 14.6 Å². The molecular weight excluding hydrogens is 384 g/mol. The summed E-state index contributed by atoms with van der Waals surface area (Å²) in [5.74, 6) is 1.02. The van der Waals surface area contributed by atoms with Gasteiger partial charge in [-0.2, -0.15) is 12.6 Å². The van der Waals surface area contributed by atoms with Crippen LogP contribution >= 0.6 is 12.6 Å². The van der Waals surface area contributed by atoms with E-state index in [2.05, 4.69) is 31.8 Å². The lowest BCUT2D eigenvalue weighted by atomic mass is 9.85. The molecule has 0 aromatic heterocycles. The number of carbonyl (C=O) groups excluding carboxylic acids is 2. The van der Waals surface area contributed by atoms with Crippen LogP contribution in [0.4, 0.5) is 0 Å². The number of hydrogen-bond donors (Lipinski definition) is 2. The lowest BCUT2D eigenvalue weighted by Gasteiger charge is -2.29. The van der Waals surface area contributed by atoms with Crippen molar-refractivity contribution in [2.24, 2.45) is 4.99 Å². The zero-order valence-corrected chi connectivity index (χ0v) is 17.9. The van der Waals surface area contributed by atoms with Crippen molar-refractivity contribution in [1.29, 1.82) is 0 Å². The summed E-state index contributed by atoms with van der Waals surface area (Å²) in [5, 5.41) is 2.77. The molecule has 1 aliphatic rings. The van der Waals surface area contributed by atoms with Crippen LogP contribution in [0, 0.1) is 0 Å². The first-order valence-electron chi connectivity index (χ1n) is 9.61. The van der Waals surface area contributed by atoms with Gasteiger partial charge in [-0.1, -0.05) is 18.2 Å². The highest BCUT2D eigenvalue weighted by atomic mass is 32.1. The van der Waals surface area contributed by atoms with Crippen molar-refractivity contribution in [3.8, 4) is 5.75 Å². The Bertz CT molecular complexity index is 966. The molecule has 0 bridgehead atoms. The number of nitrogens with zero attached hydrogens (tertiary/aromatic N) is 1. The van der Waals surface area contributed by atoms with Crippen LogP contribution in [0.5, 0.6) is 5.75 Å². The molecule has 0 spiro atoms. The maximum absolute atomic E-state index is 13.0. The highest BCUT2D eigenvalue weighted by molar-refractivity contribution is 7.80. The standard InChI is InChI=1S/C23H26N2O3S/c1-23(2)14-17-7-8-18(28-3)12-19(17)20(25-23)13-21(26)15-5-4-6-16(11-15)22(27)24-9-10-29/h4-8,11-12,29H,9-10,13-14H2,1-3H3,(H,24,27). The van der Waals surface area contributed by atoms with E-state index in [-0.39, 0.29) is 23.7 Å². The molecule has 2 aromatic rings. The Labute approximate surface area is 177 Å². The van der Waals surface area contributed by atoms with Gasteiger partial charge in [0.2, 0.25) is 0 Å². The first-order valence-corrected chi connectivity index (χ1v) is 10.2. The monoisotopic (exact) mass is 410 g/mol. The number of ketones is 1. The zero-order valence-electron chi connectivity index (χ0n) is 17.0. The van der Waals surface area contributed by atoms with Gasteiger partial charge in [0.15, 0.2) is 5.78 Å². The van der Waals surface area contributed by atoms with Gasteiger partial charge in [-0.25, -0.2) is 0 Å². The number of benzene rings is 2. The second-order valence-corrected chi connectivity index (χ2v) is 8.18. The smallest absolute Gasteiger partial charge is 0.251 e. The average Bonchev–Trinajstić information content (AvgIpc) is 2.71. The van der Waals surface area contributed by atoms with Gasteiger partial charge in [-0.05, 0) is 50.1 Å². The number of carbonyl (C=O) groups is 2. The van der Waals surface area contributed by atoms with Gasteiger partial charge in [0.1, 0.15) is 5.75 Å². The van der Waals surface area contributed by atoms with E-state index in [1.165, 1.54) is 0 Å². The molecule has 0 aliphatic carbocycles. The summed E-state index contributed by atoms with van der Waals surface area (Å²) < 4.78 is 5.35. The van der Waals surface area contributed by atoms with Crippen LogP contribution in [-0.2, 0) is 6.42 Å². The molecule has 3 rings (SSSR count). The van der Waals surface area contributed by atoms with E-state index in [0.29, 0.717) is 23.4 Å². The van der Waals surface area contributed by atoms with E-state index in [0.717, 1.165) is 29.0 Å². The molecule has 6 heteroatoms. The maximum atomic E-state index is 13.0. The fraction of sp³-hybridized carbons (Fsp3) is 0.348. The summed E-state index contributed by atoms with van der Waals surface area (Å²) in [6, 6.07) is 12.7. The molecule has 1 aliphatic heterocycles. The van der Waals surface area contributed by atoms with E-state index in [4.69, 9.17) is 9.73 Å². The number of hydrogen-bond acceptors (Lipinski definition) is 5.